The summed E-state index contributed by atoms with van der Waals surface area (Å²) < 4.78 is 48.9. The van der Waals surface area contributed by atoms with Crippen LogP contribution in [0.1, 0.15) is 15.9 Å². The van der Waals surface area contributed by atoms with Crippen molar-refractivity contribution in [2.75, 3.05) is 50.5 Å². The highest BCUT2D eigenvalue weighted by atomic mass is 19.4. The second-order valence-electron chi connectivity index (χ2n) is 8.40. The monoisotopic (exact) mass is 517 g/mol. The van der Waals surface area contributed by atoms with Gasteiger partial charge in [-0.1, -0.05) is 0 Å². The molecule has 1 aliphatic heterocycles. The van der Waals surface area contributed by atoms with Gasteiger partial charge >= 0.3 is 6.18 Å². The van der Waals surface area contributed by atoms with E-state index in [1.54, 1.807) is 12.4 Å². The fraction of sp³-hybridized carbons (Fsp3) is 0.269. The van der Waals surface area contributed by atoms with E-state index < -0.39 is 17.6 Å². The van der Waals surface area contributed by atoms with Crippen LogP contribution >= 0.6 is 0 Å². The van der Waals surface area contributed by atoms with E-state index in [2.05, 4.69) is 21.8 Å². The van der Waals surface area contributed by atoms with E-state index in [1.807, 2.05) is 53.7 Å². The van der Waals surface area contributed by atoms with Crippen LogP contribution in [0.2, 0.25) is 0 Å². The summed E-state index contributed by atoms with van der Waals surface area (Å²) in [7, 11) is 4.10. The normalized spacial score (nSPS) is 13.8. The number of rotatable bonds is 5. The lowest BCUT2D eigenvalue weighted by molar-refractivity contribution is -0.137. The van der Waals surface area contributed by atoms with Gasteiger partial charge in [-0.15, -0.1) is 0 Å². The summed E-state index contributed by atoms with van der Waals surface area (Å²) in [6.45, 7) is 3.48. The summed E-state index contributed by atoms with van der Waals surface area (Å²) in [6.07, 6.45) is -0.898. The van der Waals surface area contributed by atoms with Gasteiger partial charge in [0.15, 0.2) is 0 Å². The van der Waals surface area contributed by atoms with Crippen LogP contribution in [0.15, 0.2) is 67.0 Å². The Hall–Kier alpha value is -3.99. The van der Waals surface area contributed by atoms with Crippen molar-refractivity contribution in [2.24, 2.45) is 0 Å². The molecule has 3 aromatic rings. The number of nitrogens with zero attached hydrogens (tertiary/aromatic N) is 4. The molecule has 11 heteroatoms. The highest BCUT2D eigenvalue weighted by Crippen LogP contribution is 2.31. The van der Waals surface area contributed by atoms with Crippen molar-refractivity contribution in [3.8, 4) is 0 Å². The molecule has 1 fully saturated rings. The molecule has 1 saturated heterocycles. The molecule has 1 N–H and O–H groups in total. The number of halogens is 4. The second kappa shape index (κ2) is 12.3. The predicted molar refractivity (Wildman–Crippen MR) is 133 cm³/mol. The van der Waals surface area contributed by atoms with Crippen molar-refractivity contribution in [3.63, 3.8) is 0 Å². The molecule has 1 aliphatic rings. The van der Waals surface area contributed by atoms with Crippen LogP contribution in [0.4, 0.5) is 34.6 Å². The predicted octanol–water partition coefficient (Wildman–Crippen LogP) is 4.65. The lowest BCUT2D eigenvalue weighted by atomic mass is 10.1. The number of pyridine rings is 1. The molecule has 4 rings (SSSR count). The van der Waals surface area contributed by atoms with Crippen LogP contribution in [0.3, 0.4) is 0 Å². The Morgan fingerprint density at radius 3 is 2.14 bits per heavy atom. The fourth-order valence-electron chi connectivity index (χ4n) is 3.64. The van der Waals surface area contributed by atoms with Gasteiger partial charge in [-0.25, -0.2) is 4.39 Å². The van der Waals surface area contributed by atoms with Crippen molar-refractivity contribution >= 4 is 29.4 Å². The number of aromatic nitrogens is 1. The van der Waals surface area contributed by atoms with E-state index in [0.717, 1.165) is 49.2 Å². The number of alkyl halides is 3. The first-order chi connectivity index (χ1) is 17.6. The van der Waals surface area contributed by atoms with E-state index in [1.165, 1.54) is 0 Å². The Bertz CT molecular complexity index is 1180. The maximum absolute atomic E-state index is 12.6. The molecule has 0 saturated carbocycles. The number of amides is 2. The van der Waals surface area contributed by atoms with Crippen LogP contribution < -0.4 is 10.2 Å². The number of nitrogens with one attached hydrogen (secondary N) is 1. The van der Waals surface area contributed by atoms with E-state index in [4.69, 9.17) is 0 Å². The average molecular weight is 518 g/mol. The molecule has 0 radical (unpaired) electrons. The van der Waals surface area contributed by atoms with Crippen molar-refractivity contribution in [2.45, 2.75) is 6.18 Å². The first kappa shape index (κ1) is 27.6. The molecule has 0 spiro atoms. The summed E-state index contributed by atoms with van der Waals surface area (Å²) in [5.41, 5.74) is 1.50. The molecule has 1 aromatic heterocycles. The van der Waals surface area contributed by atoms with Gasteiger partial charge in [0.2, 0.25) is 6.41 Å². The van der Waals surface area contributed by atoms with Crippen molar-refractivity contribution in [1.82, 2.24) is 14.8 Å². The van der Waals surface area contributed by atoms with E-state index in [0.29, 0.717) is 12.1 Å². The van der Waals surface area contributed by atoms with Crippen LogP contribution in [-0.4, -0.2) is 67.4 Å². The Labute approximate surface area is 212 Å². The molecular weight excluding hydrogens is 490 g/mol. The molecule has 0 atom stereocenters. The molecule has 0 bridgehead atoms. The first-order valence-corrected chi connectivity index (χ1v) is 11.4. The van der Waals surface area contributed by atoms with Gasteiger partial charge in [-0.2, -0.15) is 13.2 Å². The van der Waals surface area contributed by atoms with Crippen molar-refractivity contribution in [3.05, 3.63) is 83.9 Å². The third kappa shape index (κ3) is 7.74. The summed E-state index contributed by atoms with van der Waals surface area (Å²) in [4.78, 5) is 32.8. The van der Waals surface area contributed by atoms with Gasteiger partial charge in [-0.3, -0.25) is 14.6 Å². The zero-order chi connectivity index (χ0) is 27.0. The molecule has 2 aromatic carbocycles. The highest BCUT2D eigenvalue weighted by Gasteiger charge is 2.31. The quantitative estimate of drug-likeness (QED) is 0.394. The summed E-state index contributed by atoms with van der Waals surface area (Å²) in [5.74, 6) is -0.930. The van der Waals surface area contributed by atoms with Crippen LogP contribution in [0, 0.1) is 5.82 Å². The summed E-state index contributed by atoms with van der Waals surface area (Å²) in [5, 5.41) is 1.94. The molecule has 0 unspecified atom stereocenters. The van der Waals surface area contributed by atoms with Gasteiger partial charge in [0.05, 0.1) is 5.56 Å². The lowest BCUT2D eigenvalue weighted by Gasteiger charge is -2.32. The van der Waals surface area contributed by atoms with E-state index in [-0.39, 0.29) is 18.0 Å². The molecule has 2 heterocycles. The Morgan fingerprint density at radius 2 is 1.57 bits per heavy atom. The maximum atomic E-state index is 12.6. The minimum atomic E-state index is -4.62. The molecule has 0 aliphatic carbocycles. The smallest absolute Gasteiger partial charge is 0.345 e. The molecule has 2 amide bonds. The molecule has 196 valence electrons. The summed E-state index contributed by atoms with van der Waals surface area (Å²) in [6, 6.07) is 13.5. The Kier molecular flexibility index (Phi) is 9.18. The number of anilines is 3. The third-order valence-corrected chi connectivity index (χ3v) is 5.79. The van der Waals surface area contributed by atoms with Crippen molar-refractivity contribution in [1.29, 1.82) is 0 Å². The van der Waals surface area contributed by atoms with Gasteiger partial charge in [-0.05, 0) is 61.6 Å². The number of carbonyl (C=O) groups is 2. The zero-order valence-corrected chi connectivity index (χ0v) is 20.4. The van der Waals surface area contributed by atoms with Gasteiger partial charge in [0, 0.05) is 68.2 Å². The SMILES string of the molecule is CN1CCN(C(=O)c2ccc(N(C)c3ccncc3)cc2)CC1.O=CNc1cc(F)cc(C(F)(F)F)c1. The van der Waals surface area contributed by atoms with E-state index >= 15 is 0 Å². The molecule has 7 nitrogen and oxygen atoms in total. The number of hydrogen-bond acceptors (Lipinski definition) is 5. The zero-order valence-electron chi connectivity index (χ0n) is 20.4. The van der Waals surface area contributed by atoms with Crippen LogP contribution in [-0.2, 0) is 11.0 Å². The highest BCUT2D eigenvalue weighted by molar-refractivity contribution is 5.94. The van der Waals surface area contributed by atoms with Gasteiger partial charge in [0.1, 0.15) is 5.82 Å². The van der Waals surface area contributed by atoms with Crippen LogP contribution in [0.25, 0.3) is 0 Å². The number of hydrogen-bond donors (Lipinski definition) is 1. The minimum Gasteiger partial charge on any atom is -0.345 e. The maximum Gasteiger partial charge on any atom is 0.416 e. The first-order valence-electron chi connectivity index (χ1n) is 11.4. The number of likely N-dealkylation sites (N-methyl/N-ethyl adjacent to an activating group) is 1. The van der Waals surface area contributed by atoms with Crippen LogP contribution in [0.5, 0.6) is 0 Å². The fourth-order valence-corrected chi connectivity index (χ4v) is 3.64. The number of benzene rings is 2. The van der Waals surface area contributed by atoms with Crippen molar-refractivity contribution < 1.29 is 27.2 Å². The Morgan fingerprint density at radius 1 is 0.973 bits per heavy atom. The standard InChI is InChI=1S/C18H22N4O.C8H5F4NO/c1-20-11-13-22(14-12-20)18(23)15-3-5-16(6-4-15)21(2)17-7-9-19-10-8-17;9-6-1-5(8(10,11)12)2-7(3-6)13-4-14/h3-10H,11-14H2,1-2H3;1-4H,(H,13,14). The molecule has 37 heavy (non-hydrogen) atoms. The topological polar surface area (TPSA) is 68.8 Å². The minimum absolute atomic E-state index is 0.121. The van der Waals surface area contributed by atoms with E-state index in [9.17, 15) is 27.2 Å². The molecular formula is C26H27F4N5O2. The largest absolute Gasteiger partial charge is 0.416 e. The second-order valence-corrected chi connectivity index (χ2v) is 8.40. The Balaban J connectivity index is 0.000000233. The lowest BCUT2D eigenvalue weighted by Crippen LogP contribution is -2.47. The average Bonchev–Trinajstić information content (AvgIpc) is 2.89. The van der Waals surface area contributed by atoms with Gasteiger partial charge in [0.25, 0.3) is 5.91 Å². The number of piperazine rings is 1. The van der Waals surface area contributed by atoms with Gasteiger partial charge < -0.3 is 20.0 Å². The third-order valence-electron chi connectivity index (χ3n) is 5.79. The summed E-state index contributed by atoms with van der Waals surface area (Å²) >= 11 is 0. The number of carbonyl (C=O) groups excluding carboxylic acids is 2.